The molecule has 12 nitrogen and oxygen atoms in total. The maximum absolute atomic E-state index is 13.2. The highest BCUT2D eigenvalue weighted by Crippen LogP contribution is 2.30. The third-order valence-corrected chi connectivity index (χ3v) is 10.8. The van der Waals surface area contributed by atoms with Crippen LogP contribution in [0, 0.1) is 5.92 Å². The van der Waals surface area contributed by atoms with Gasteiger partial charge in [0.25, 0.3) is 0 Å². The van der Waals surface area contributed by atoms with E-state index in [1.807, 2.05) is 78.9 Å². The Morgan fingerprint density at radius 1 is 0.895 bits per heavy atom. The molecule has 57 heavy (non-hydrogen) atoms. The van der Waals surface area contributed by atoms with Crippen LogP contribution < -0.4 is 26.2 Å². The molecule has 1 aromatic heterocycles. The smallest absolute Gasteiger partial charge is 0.408 e. The molecule has 6 N–H and O–H groups in total. The van der Waals surface area contributed by atoms with Gasteiger partial charge >= 0.3 is 6.09 Å². The van der Waals surface area contributed by atoms with Gasteiger partial charge in [-0.2, -0.15) is 0 Å². The van der Waals surface area contributed by atoms with Crippen LogP contribution in [-0.4, -0.2) is 77.5 Å². The number of phenolic OH excluding ortho intramolecular Hbond substituents is 1. The number of benzene rings is 4. The summed E-state index contributed by atoms with van der Waals surface area (Å²) in [4.78, 5) is 42.6. The number of aromatic hydroxyl groups is 1. The van der Waals surface area contributed by atoms with E-state index in [1.54, 1.807) is 12.1 Å². The summed E-state index contributed by atoms with van der Waals surface area (Å²) < 4.78 is 12.2. The van der Waals surface area contributed by atoms with Crippen molar-refractivity contribution in [2.75, 3.05) is 39.3 Å². The number of rotatable bonds is 16. The molecular weight excluding hydrogens is 723 g/mol. The number of carbonyl (C=O) groups is 2. The number of aromatic nitrogens is 1. The topological polar surface area (TPSA) is 165 Å². The molecule has 5 aromatic rings. The molecule has 0 aliphatic carbocycles. The lowest BCUT2D eigenvalue weighted by molar-refractivity contribution is -0.120. The van der Waals surface area contributed by atoms with Gasteiger partial charge in [-0.15, -0.1) is 0 Å². The summed E-state index contributed by atoms with van der Waals surface area (Å²) in [6.07, 6.45) is 2.89. The maximum atomic E-state index is 13.2. The number of nitrogens with one attached hydrogen (secondary N) is 4. The lowest BCUT2D eigenvalue weighted by Crippen LogP contribution is -2.49. The molecular formula is C45H51N5O7. The van der Waals surface area contributed by atoms with E-state index in [4.69, 9.17) is 9.47 Å². The maximum Gasteiger partial charge on any atom is 0.408 e. The van der Waals surface area contributed by atoms with E-state index >= 15 is 0 Å². The number of amides is 2. The van der Waals surface area contributed by atoms with Gasteiger partial charge in [0.1, 0.15) is 24.2 Å². The number of ether oxygens (including phenoxy) is 2. The van der Waals surface area contributed by atoms with Gasteiger partial charge in [0, 0.05) is 37.6 Å². The van der Waals surface area contributed by atoms with Gasteiger partial charge in [-0.25, -0.2) is 4.79 Å². The fraction of sp³-hybridized carbons (Fsp3) is 0.356. The quantitative estimate of drug-likeness (QED) is 0.0713. The summed E-state index contributed by atoms with van der Waals surface area (Å²) in [5.74, 6) is 1.14. The summed E-state index contributed by atoms with van der Waals surface area (Å²) in [6.45, 7) is 4.65. The average Bonchev–Trinajstić information content (AvgIpc) is 3.21. The van der Waals surface area contributed by atoms with Crippen molar-refractivity contribution in [3.8, 4) is 11.5 Å². The molecule has 0 saturated carbocycles. The molecule has 0 spiro atoms. The van der Waals surface area contributed by atoms with Crippen molar-refractivity contribution >= 4 is 22.9 Å². The van der Waals surface area contributed by atoms with Crippen molar-refractivity contribution in [2.45, 2.75) is 57.0 Å². The predicted molar refractivity (Wildman–Crippen MR) is 218 cm³/mol. The van der Waals surface area contributed by atoms with E-state index in [0.717, 1.165) is 48.3 Å². The first kappa shape index (κ1) is 39.5. The molecule has 4 aromatic carbocycles. The second-order valence-corrected chi connectivity index (χ2v) is 15.1. The third-order valence-electron chi connectivity index (χ3n) is 10.8. The standard InChI is InChI=1S/C45H51N5O7/c51-39-18-16-37(38-17-19-41(53)48-44(38)39)40(52)26-46-20-6-21-47-42(54)24-30-12-14-31(15-13-30)29-56-35-11-4-10-34(25-35)43(33-8-2-1-3-9-33)49-45(55)57-36-23-32-7-5-22-50(27-32)28-36/h1-4,8-19,25,32,36,40,43,46,51-52H,5-7,20-24,26-29H2,(H,47,54)(H,48,53)(H,49,55)/t32?,36-,40+,43+/m1/s1. The summed E-state index contributed by atoms with van der Waals surface area (Å²) in [5.41, 5.74) is 4.24. The van der Waals surface area contributed by atoms with Crippen molar-refractivity contribution in [3.05, 3.63) is 141 Å². The Morgan fingerprint density at radius 3 is 2.53 bits per heavy atom. The van der Waals surface area contributed by atoms with E-state index in [1.165, 1.54) is 25.0 Å². The van der Waals surface area contributed by atoms with Crippen LogP contribution in [0.3, 0.4) is 0 Å². The number of carbonyl (C=O) groups excluding carboxylic acids is 2. The number of fused-ring (bicyclic) bond motifs is 3. The number of aromatic amines is 1. The minimum atomic E-state index is -0.844. The van der Waals surface area contributed by atoms with Gasteiger partial charge in [-0.05, 0) is 96.8 Å². The first-order valence-electron chi connectivity index (χ1n) is 19.8. The van der Waals surface area contributed by atoms with Crippen LogP contribution in [-0.2, 0) is 22.6 Å². The molecule has 5 atom stereocenters. The highest BCUT2D eigenvalue weighted by molar-refractivity contribution is 5.87. The summed E-state index contributed by atoms with van der Waals surface area (Å²) >= 11 is 0. The molecule has 2 saturated heterocycles. The number of piperidine rings is 2. The lowest BCUT2D eigenvalue weighted by atomic mass is 9.88. The Bertz CT molecular complexity index is 2170. The number of aliphatic hydroxyl groups is 1. The minimum Gasteiger partial charge on any atom is -0.506 e. The van der Waals surface area contributed by atoms with E-state index in [2.05, 4.69) is 25.8 Å². The van der Waals surface area contributed by atoms with Gasteiger partial charge in [-0.3, -0.25) is 14.5 Å². The highest BCUT2D eigenvalue weighted by atomic mass is 16.6. The fourth-order valence-electron chi connectivity index (χ4n) is 7.93. The molecule has 7 rings (SSSR count). The zero-order valence-corrected chi connectivity index (χ0v) is 32.0. The predicted octanol–water partition coefficient (Wildman–Crippen LogP) is 5.48. The minimum absolute atomic E-state index is 0.0530. The third kappa shape index (κ3) is 10.8. The van der Waals surface area contributed by atoms with Crippen molar-refractivity contribution in [1.29, 1.82) is 0 Å². The van der Waals surface area contributed by atoms with Gasteiger partial charge in [-0.1, -0.05) is 72.8 Å². The summed E-state index contributed by atoms with van der Waals surface area (Å²) in [6, 6.07) is 31.0. The summed E-state index contributed by atoms with van der Waals surface area (Å²) in [7, 11) is 0. The molecule has 2 fully saturated rings. The van der Waals surface area contributed by atoms with Gasteiger partial charge < -0.3 is 40.6 Å². The van der Waals surface area contributed by atoms with Crippen LogP contribution >= 0.6 is 0 Å². The number of H-pyrrole nitrogens is 1. The fourth-order valence-corrected chi connectivity index (χ4v) is 7.93. The van der Waals surface area contributed by atoms with Crippen LogP contribution in [0.25, 0.3) is 10.9 Å². The molecule has 3 heterocycles. The Labute approximate surface area is 332 Å². The number of pyridine rings is 1. The van der Waals surface area contributed by atoms with Crippen molar-refractivity contribution in [3.63, 3.8) is 0 Å². The Morgan fingerprint density at radius 2 is 1.70 bits per heavy atom. The van der Waals surface area contributed by atoms with E-state index in [-0.39, 0.29) is 36.3 Å². The molecule has 12 heteroatoms. The zero-order valence-electron chi connectivity index (χ0n) is 32.0. The van der Waals surface area contributed by atoms with Crippen LogP contribution in [0.2, 0.25) is 0 Å². The van der Waals surface area contributed by atoms with E-state index < -0.39 is 18.2 Å². The molecule has 2 aliphatic heterocycles. The SMILES string of the molecule is O=C(Cc1ccc(COc2cccc([C@@H](NC(=O)O[C@@H]3CC4CCCN(C4)C3)c3ccccc3)c2)cc1)NCCCNC[C@H](O)c1ccc(O)c2[nH]c(=O)ccc12. The molecule has 298 valence electrons. The number of nitrogens with zero attached hydrogens (tertiary/aromatic N) is 1. The van der Waals surface area contributed by atoms with E-state index in [9.17, 15) is 24.6 Å². The molecule has 2 amide bonds. The van der Waals surface area contributed by atoms with Crippen LogP contribution in [0.5, 0.6) is 11.5 Å². The lowest BCUT2D eigenvalue weighted by Gasteiger charge is -2.41. The van der Waals surface area contributed by atoms with Crippen molar-refractivity contribution in [2.24, 2.45) is 5.92 Å². The normalized spacial score (nSPS) is 18.6. The molecule has 2 aliphatic rings. The first-order chi connectivity index (χ1) is 27.8. The number of hydrogen-bond donors (Lipinski definition) is 6. The van der Waals surface area contributed by atoms with Crippen LogP contribution in [0.15, 0.2) is 108 Å². The van der Waals surface area contributed by atoms with Gasteiger partial charge in [0.05, 0.1) is 24.1 Å². The second-order valence-electron chi connectivity index (χ2n) is 15.1. The second kappa shape index (κ2) is 19.0. The zero-order chi connectivity index (χ0) is 39.6. The monoisotopic (exact) mass is 773 g/mol. The number of aliphatic hydroxyl groups excluding tert-OH is 1. The Kier molecular flexibility index (Phi) is 13.2. The van der Waals surface area contributed by atoms with Crippen LogP contribution in [0.1, 0.15) is 65.6 Å². The van der Waals surface area contributed by atoms with Gasteiger partial charge in [0.15, 0.2) is 0 Å². The average molecular weight is 774 g/mol. The van der Waals surface area contributed by atoms with Crippen molar-refractivity contribution in [1.82, 2.24) is 25.8 Å². The molecule has 0 radical (unpaired) electrons. The van der Waals surface area contributed by atoms with Crippen molar-refractivity contribution < 1.29 is 29.3 Å². The van der Waals surface area contributed by atoms with Gasteiger partial charge in [0.2, 0.25) is 11.5 Å². The molecule has 2 bridgehead atoms. The molecule has 2 unspecified atom stereocenters. The van der Waals surface area contributed by atoms with Crippen LogP contribution in [0.4, 0.5) is 4.79 Å². The number of hydrogen-bond acceptors (Lipinski definition) is 9. The Balaban J connectivity index is 0.842. The largest absolute Gasteiger partial charge is 0.506 e. The number of phenols is 1. The number of alkyl carbamates (subject to hydrolysis) is 1. The van der Waals surface area contributed by atoms with E-state index in [0.29, 0.717) is 54.3 Å². The highest BCUT2D eigenvalue weighted by Gasteiger charge is 2.32. The summed E-state index contributed by atoms with van der Waals surface area (Å²) in [5, 5.41) is 30.7. The Hall–Kier alpha value is -5.69. The first-order valence-corrected chi connectivity index (χ1v) is 19.8.